The van der Waals surface area contributed by atoms with Gasteiger partial charge >= 0.3 is 0 Å². The van der Waals surface area contributed by atoms with Crippen molar-refractivity contribution in [3.63, 3.8) is 0 Å². The minimum Gasteiger partial charge on any atom is -0.360 e. The van der Waals surface area contributed by atoms with Crippen LogP contribution in [-0.4, -0.2) is 23.9 Å². The van der Waals surface area contributed by atoms with E-state index in [9.17, 15) is 10.1 Å². The molecule has 0 spiro atoms. The first-order chi connectivity index (χ1) is 10.6. The van der Waals surface area contributed by atoms with Gasteiger partial charge in [-0.25, -0.2) is 0 Å². The Balaban J connectivity index is 2.03. The van der Waals surface area contributed by atoms with Gasteiger partial charge in [0.25, 0.3) is 5.91 Å². The maximum atomic E-state index is 12.4. The molecule has 1 saturated carbocycles. The molecule has 1 aliphatic rings. The summed E-state index contributed by atoms with van der Waals surface area (Å²) >= 11 is 5.82. The van der Waals surface area contributed by atoms with Crippen molar-refractivity contribution in [2.75, 3.05) is 12.4 Å². The molecule has 0 atom stereocenters. The highest BCUT2D eigenvalue weighted by molar-refractivity contribution is 6.30. The van der Waals surface area contributed by atoms with E-state index in [-0.39, 0.29) is 17.5 Å². The van der Waals surface area contributed by atoms with Crippen LogP contribution >= 0.6 is 11.6 Å². The maximum absolute atomic E-state index is 12.4. The van der Waals surface area contributed by atoms with Crippen LogP contribution in [0.1, 0.15) is 32.1 Å². The van der Waals surface area contributed by atoms with Gasteiger partial charge < -0.3 is 10.2 Å². The topological polar surface area (TPSA) is 56.1 Å². The molecule has 0 saturated heterocycles. The van der Waals surface area contributed by atoms with E-state index in [1.54, 1.807) is 36.2 Å². The number of carbonyl (C=O) groups excluding carboxylic acids is 1. The number of nitrogens with zero attached hydrogens (tertiary/aromatic N) is 2. The van der Waals surface area contributed by atoms with Crippen LogP contribution in [0.4, 0.5) is 5.69 Å². The monoisotopic (exact) mass is 317 g/mol. The van der Waals surface area contributed by atoms with Crippen LogP contribution in [-0.2, 0) is 4.79 Å². The molecule has 116 valence electrons. The fourth-order valence-corrected chi connectivity index (χ4v) is 2.79. The predicted molar refractivity (Wildman–Crippen MR) is 88.4 cm³/mol. The summed E-state index contributed by atoms with van der Waals surface area (Å²) in [5.41, 5.74) is 0.897. The zero-order valence-corrected chi connectivity index (χ0v) is 13.4. The van der Waals surface area contributed by atoms with E-state index in [0.29, 0.717) is 5.02 Å². The van der Waals surface area contributed by atoms with Crippen LogP contribution < -0.4 is 5.32 Å². The predicted octanol–water partition coefficient (Wildman–Crippen LogP) is 3.95. The van der Waals surface area contributed by atoms with Crippen molar-refractivity contribution in [2.45, 2.75) is 38.1 Å². The van der Waals surface area contributed by atoms with Gasteiger partial charge in [0, 0.05) is 30.0 Å². The number of amides is 1. The fraction of sp³-hybridized carbons (Fsp3) is 0.412. The van der Waals surface area contributed by atoms with Crippen molar-refractivity contribution in [3.8, 4) is 6.07 Å². The van der Waals surface area contributed by atoms with Gasteiger partial charge in [-0.15, -0.1) is 0 Å². The van der Waals surface area contributed by atoms with Gasteiger partial charge in [0.15, 0.2) is 0 Å². The van der Waals surface area contributed by atoms with Crippen LogP contribution in [0.25, 0.3) is 0 Å². The third-order valence-corrected chi connectivity index (χ3v) is 4.27. The summed E-state index contributed by atoms with van der Waals surface area (Å²) in [6.45, 7) is 0. The van der Waals surface area contributed by atoms with E-state index < -0.39 is 0 Å². The molecule has 1 amide bonds. The summed E-state index contributed by atoms with van der Waals surface area (Å²) in [6.07, 6.45) is 7.04. The molecule has 1 fully saturated rings. The minimum atomic E-state index is -0.226. The lowest BCUT2D eigenvalue weighted by atomic mass is 9.94. The molecule has 2 rings (SSSR count). The molecule has 5 heteroatoms. The van der Waals surface area contributed by atoms with E-state index in [2.05, 4.69) is 5.32 Å². The summed E-state index contributed by atoms with van der Waals surface area (Å²) in [4.78, 5) is 14.1. The van der Waals surface area contributed by atoms with E-state index in [4.69, 9.17) is 11.6 Å². The van der Waals surface area contributed by atoms with Crippen LogP contribution in [0.5, 0.6) is 0 Å². The summed E-state index contributed by atoms with van der Waals surface area (Å²) in [7, 11) is 1.78. The second-order valence-corrected chi connectivity index (χ2v) is 5.97. The minimum absolute atomic E-state index is 0.114. The Hall–Kier alpha value is -1.99. The van der Waals surface area contributed by atoms with Crippen molar-refractivity contribution in [3.05, 3.63) is 41.1 Å². The largest absolute Gasteiger partial charge is 0.360 e. The highest BCUT2D eigenvalue weighted by Crippen LogP contribution is 2.22. The first kappa shape index (κ1) is 16.4. The molecular weight excluding hydrogens is 298 g/mol. The molecule has 0 bridgehead atoms. The van der Waals surface area contributed by atoms with Crippen molar-refractivity contribution in [2.24, 2.45) is 0 Å². The molecule has 1 aliphatic carbocycles. The molecule has 1 aromatic carbocycles. The van der Waals surface area contributed by atoms with Gasteiger partial charge in [0.1, 0.15) is 11.6 Å². The SMILES string of the molecule is CN(C(=O)/C(C#N)=C\Nc1ccc(Cl)cc1)C1CCCCC1. The molecule has 1 N–H and O–H groups in total. The molecule has 0 heterocycles. The Morgan fingerprint density at radius 1 is 1.32 bits per heavy atom. The van der Waals surface area contributed by atoms with Crippen LogP contribution in [0.3, 0.4) is 0 Å². The third-order valence-electron chi connectivity index (χ3n) is 4.02. The second-order valence-electron chi connectivity index (χ2n) is 5.53. The highest BCUT2D eigenvalue weighted by Gasteiger charge is 2.24. The Morgan fingerprint density at radius 2 is 1.95 bits per heavy atom. The van der Waals surface area contributed by atoms with Crippen LogP contribution in [0.15, 0.2) is 36.0 Å². The van der Waals surface area contributed by atoms with Gasteiger partial charge in [0.05, 0.1) is 0 Å². The summed E-state index contributed by atoms with van der Waals surface area (Å²) < 4.78 is 0. The number of carbonyl (C=O) groups is 1. The van der Waals surface area contributed by atoms with E-state index in [0.717, 1.165) is 31.4 Å². The number of likely N-dealkylation sites (N-methyl/N-ethyl adjacent to an activating group) is 1. The quantitative estimate of drug-likeness (QED) is 0.675. The standard InChI is InChI=1S/C17H20ClN3O/c1-21(16-5-3-2-4-6-16)17(22)13(11-19)12-20-15-9-7-14(18)8-10-15/h7-10,12,16,20H,2-6H2,1H3/b13-12-. The summed E-state index contributed by atoms with van der Waals surface area (Å²) in [6, 6.07) is 9.32. The van der Waals surface area contributed by atoms with Crippen molar-refractivity contribution < 1.29 is 4.79 Å². The fourth-order valence-electron chi connectivity index (χ4n) is 2.67. The Bertz CT molecular complexity index is 583. The second kappa shape index (κ2) is 7.86. The molecule has 0 unspecified atom stereocenters. The van der Waals surface area contributed by atoms with E-state index >= 15 is 0 Å². The Kier molecular flexibility index (Phi) is 5.85. The molecule has 0 aromatic heterocycles. The molecule has 4 nitrogen and oxygen atoms in total. The maximum Gasteiger partial charge on any atom is 0.266 e. The van der Waals surface area contributed by atoms with Crippen molar-refractivity contribution in [1.82, 2.24) is 4.90 Å². The lowest BCUT2D eigenvalue weighted by molar-refractivity contribution is -0.128. The zero-order chi connectivity index (χ0) is 15.9. The Labute approximate surface area is 136 Å². The van der Waals surface area contributed by atoms with Gasteiger partial charge in [-0.3, -0.25) is 4.79 Å². The molecule has 0 radical (unpaired) electrons. The normalized spacial score (nSPS) is 16.0. The van der Waals surface area contributed by atoms with Crippen molar-refractivity contribution >= 4 is 23.2 Å². The number of nitriles is 1. The number of benzene rings is 1. The van der Waals surface area contributed by atoms with Crippen LogP contribution in [0, 0.1) is 11.3 Å². The summed E-state index contributed by atoms with van der Waals surface area (Å²) in [5.74, 6) is -0.226. The average molecular weight is 318 g/mol. The molecule has 22 heavy (non-hydrogen) atoms. The third kappa shape index (κ3) is 4.25. The average Bonchev–Trinajstić information content (AvgIpc) is 2.57. The van der Waals surface area contributed by atoms with Gasteiger partial charge in [0.2, 0.25) is 0 Å². The van der Waals surface area contributed by atoms with E-state index in [1.807, 2.05) is 6.07 Å². The highest BCUT2D eigenvalue weighted by atomic mass is 35.5. The van der Waals surface area contributed by atoms with Crippen LogP contribution in [0.2, 0.25) is 5.02 Å². The van der Waals surface area contributed by atoms with E-state index in [1.165, 1.54) is 12.6 Å². The lowest BCUT2D eigenvalue weighted by Crippen LogP contribution is -2.39. The van der Waals surface area contributed by atoms with Gasteiger partial charge in [-0.05, 0) is 37.1 Å². The first-order valence-corrected chi connectivity index (χ1v) is 7.89. The Morgan fingerprint density at radius 3 is 2.55 bits per heavy atom. The smallest absolute Gasteiger partial charge is 0.266 e. The number of hydrogen-bond donors (Lipinski definition) is 1. The molecule has 1 aromatic rings. The number of anilines is 1. The first-order valence-electron chi connectivity index (χ1n) is 7.51. The summed E-state index contributed by atoms with van der Waals surface area (Å²) in [5, 5.41) is 12.9. The van der Waals surface area contributed by atoms with Crippen molar-refractivity contribution in [1.29, 1.82) is 5.26 Å². The number of nitrogens with one attached hydrogen (secondary N) is 1. The molecule has 0 aliphatic heterocycles. The number of rotatable bonds is 4. The van der Waals surface area contributed by atoms with Gasteiger partial charge in [-0.2, -0.15) is 5.26 Å². The lowest BCUT2D eigenvalue weighted by Gasteiger charge is -2.31. The zero-order valence-electron chi connectivity index (χ0n) is 12.7. The number of hydrogen-bond acceptors (Lipinski definition) is 3. The molecular formula is C17H20ClN3O. The number of halogens is 1. The van der Waals surface area contributed by atoms with Gasteiger partial charge in [-0.1, -0.05) is 30.9 Å².